The summed E-state index contributed by atoms with van der Waals surface area (Å²) >= 11 is 1.71. The molecule has 1 heterocycles. The van der Waals surface area contributed by atoms with Gasteiger partial charge in [0.2, 0.25) is 0 Å². The third-order valence-electron chi connectivity index (χ3n) is 3.03. The van der Waals surface area contributed by atoms with Gasteiger partial charge in [-0.25, -0.2) is 0 Å². The number of ether oxygens (including phenoxy) is 1. The lowest BCUT2D eigenvalue weighted by Gasteiger charge is -2.18. The zero-order valence-corrected chi connectivity index (χ0v) is 12.2. The van der Waals surface area contributed by atoms with Gasteiger partial charge in [0.25, 0.3) is 0 Å². The average Bonchev–Trinajstić information content (AvgIpc) is 2.96. The maximum Gasteiger partial charge on any atom is 0.119 e. The van der Waals surface area contributed by atoms with Crippen molar-refractivity contribution in [2.45, 2.75) is 25.8 Å². The number of nitrogens with one attached hydrogen (secondary N) is 1. The van der Waals surface area contributed by atoms with Crippen molar-refractivity contribution in [3.8, 4) is 5.75 Å². The first-order chi connectivity index (χ1) is 9.33. The Morgan fingerprint density at radius 2 is 2.32 bits per heavy atom. The van der Waals surface area contributed by atoms with Crippen molar-refractivity contribution in [1.29, 1.82) is 0 Å². The summed E-state index contributed by atoms with van der Waals surface area (Å²) in [6.45, 7) is 3.20. The van der Waals surface area contributed by atoms with E-state index in [1.807, 2.05) is 23.8 Å². The Balaban J connectivity index is 2.15. The number of thiazole rings is 1. The summed E-state index contributed by atoms with van der Waals surface area (Å²) in [5.41, 5.74) is 3.15. The van der Waals surface area contributed by atoms with Gasteiger partial charge in [-0.3, -0.25) is 4.98 Å². The fraction of sp³-hybridized carbons (Fsp3) is 0.400. The molecule has 0 saturated carbocycles. The molecule has 19 heavy (non-hydrogen) atoms. The number of methoxy groups -OCH3 is 1. The van der Waals surface area contributed by atoms with Gasteiger partial charge in [0.15, 0.2) is 0 Å². The van der Waals surface area contributed by atoms with E-state index >= 15 is 0 Å². The van der Waals surface area contributed by atoms with Crippen molar-refractivity contribution in [3.63, 3.8) is 0 Å². The van der Waals surface area contributed by atoms with Crippen molar-refractivity contribution in [3.05, 3.63) is 46.4 Å². The monoisotopic (exact) mass is 276 g/mol. The molecule has 102 valence electrons. The van der Waals surface area contributed by atoms with Gasteiger partial charge in [0, 0.05) is 23.5 Å². The first-order valence-electron chi connectivity index (χ1n) is 6.58. The summed E-state index contributed by atoms with van der Waals surface area (Å²) in [7, 11) is 1.71. The molecule has 2 rings (SSSR count). The lowest BCUT2D eigenvalue weighted by Crippen LogP contribution is -2.23. The highest BCUT2D eigenvalue weighted by atomic mass is 32.1. The van der Waals surface area contributed by atoms with Gasteiger partial charge < -0.3 is 10.1 Å². The van der Waals surface area contributed by atoms with Crippen LogP contribution in [0.1, 0.15) is 29.8 Å². The van der Waals surface area contributed by atoms with Crippen LogP contribution >= 0.6 is 11.3 Å². The van der Waals surface area contributed by atoms with Gasteiger partial charge in [-0.15, -0.1) is 11.3 Å². The van der Waals surface area contributed by atoms with Crippen LogP contribution in [0, 0.1) is 0 Å². The molecule has 3 nitrogen and oxygen atoms in total. The Bertz CT molecular complexity index is 485. The van der Waals surface area contributed by atoms with E-state index in [4.69, 9.17) is 4.74 Å². The summed E-state index contributed by atoms with van der Waals surface area (Å²) in [6, 6.07) is 8.59. The summed E-state index contributed by atoms with van der Waals surface area (Å²) in [5.74, 6) is 0.908. The van der Waals surface area contributed by atoms with Crippen molar-refractivity contribution in [2.75, 3.05) is 13.7 Å². The topological polar surface area (TPSA) is 34.2 Å². The van der Waals surface area contributed by atoms with E-state index in [0.717, 1.165) is 25.1 Å². The van der Waals surface area contributed by atoms with Crippen LogP contribution in [0.4, 0.5) is 0 Å². The molecule has 0 fully saturated rings. The fourth-order valence-corrected chi connectivity index (χ4v) is 2.67. The minimum atomic E-state index is 0.315. The number of benzene rings is 1. The summed E-state index contributed by atoms with van der Waals surface area (Å²) in [5, 5.41) is 3.60. The van der Waals surface area contributed by atoms with Crippen LogP contribution in [-0.2, 0) is 6.42 Å². The zero-order valence-electron chi connectivity index (χ0n) is 11.4. The van der Waals surface area contributed by atoms with Crippen LogP contribution in [0.15, 0.2) is 36.0 Å². The first-order valence-corrected chi connectivity index (χ1v) is 7.46. The van der Waals surface area contributed by atoms with E-state index in [2.05, 4.69) is 29.4 Å². The SMILES string of the molecule is CCCNC(Cc1cncs1)c1cccc(OC)c1. The number of hydrogen-bond donors (Lipinski definition) is 1. The molecular weight excluding hydrogens is 256 g/mol. The average molecular weight is 276 g/mol. The predicted molar refractivity (Wildman–Crippen MR) is 79.8 cm³/mol. The highest BCUT2D eigenvalue weighted by molar-refractivity contribution is 7.09. The summed E-state index contributed by atoms with van der Waals surface area (Å²) in [6.07, 6.45) is 4.05. The van der Waals surface area contributed by atoms with Crippen molar-refractivity contribution in [2.24, 2.45) is 0 Å². The maximum absolute atomic E-state index is 5.31. The van der Waals surface area contributed by atoms with E-state index in [1.165, 1.54) is 10.4 Å². The van der Waals surface area contributed by atoms with Crippen LogP contribution in [0.2, 0.25) is 0 Å². The van der Waals surface area contributed by atoms with E-state index in [1.54, 1.807) is 18.4 Å². The zero-order chi connectivity index (χ0) is 13.5. The molecule has 4 heteroatoms. The first kappa shape index (κ1) is 14.0. The number of nitrogens with zero attached hydrogens (tertiary/aromatic N) is 1. The molecule has 1 unspecified atom stereocenters. The molecule has 0 bridgehead atoms. The Kier molecular flexibility index (Phi) is 5.36. The van der Waals surface area contributed by atoms with Gasteiger partial charge in [-0.1, -0.05) is 19.1 Å². The van der Waals surface area contributed by atoms with E-state index in [0.29, 0.717) is 6.04 Å². The van der Waals surface area contributed by atoms with Gasteiger partial charge in [-0.2, -0.15) is 0 Å². The molecule has 0 radical (unpaired) electrons. The van der Waals surface area contributed by atoms with E-state index in [-0.39, 0.29) is 0 Å². The largest absolute Gasteiger partial charge is 0.497 e. The Hall–Kier alpha value is -1.39. The normalized spacial score (nSPS) is 12.3. The summed E-state index contributed by atoms with van der Waals surface area (Å²) in [4.78, 5) is 5.45. The smallest absolute Gasteiger partial charge is 0.119 e. The van der Waals surface area contributed by atoms with Crippen LogP contribution in [0.5, 0.6) is 5.75 Å². The third kappa shape index (κ3) is 4.04. The molecule has 1 N–H and O–H groups in total. The highest BCUT2D eigenvalue weighted by Crippen LogP contribution is 2.23. The van der Waals surface area contributed by atoms with Crippen LogP contribution in [0.25, 0.3) is 0 Å². The van der Waals surface area contributed by atoms with E-state index in [9.17, 15) is 0 Å². The van der Waals surface area contributed by atoms with Gasteiger partial charge in [0.05, 0.1) is 12.6 Å². The van der Waals surface area contributed by atoms with Crippen LogP contribution < -0.4 is 10.1 Å². The molecule has 1 aromatic carbocycles. The maximum atomic E-state index is 5.31. The lowest BCUT2D eigenvalue weighted by molar-refractivity contribution is 0.413. The van der Waals surface area contributed by atoms with Gasteiger partial charge in [-0.05, 0) is 30.7 Å². The highest BCUT2D eigenvalue weighted by Gasteiger charge is 2.13. The quantitative estimate of drug-likeness (QED) is 0.841. The molecule has 0 saturated heterocycles. The molecule has 0 spiro atoms. The molecule has 0 aliphatic carbocycles. The molecule has 0 aliphatic rings. The predicted octanol–water partition coefficient (Wildman–Crippen LogP) is 3.44. The third-order valence-corrected chi connectivity index (χ3v) is 3.83. The van der Waals surface area contributed by atoms with Crippen molar-refractivity contribution >= 4 is 11.3 Å². The van der Waals surface area contributed by atoms with Crippen LogP contribution in [-0.4, -0.2) is 18.6 Å². The fourth-order valence-electron chi connectivity index (χ4n) is 2.03. The molecule has 1 atom stereocenters. The molecule has 1 aromatic heterocycles. The van der Waals surface area contributed by atoms with Gasteiger partial charge >= 0.3 is 0 Å². The Morgan fingerprint density at radius 3 is 3.00 bits per heavy atom. The summed E-state index contributed by atoms with van der Waals surface area (Å²) < 4.78 is 5.31. The molecule has 0 aliphatic heterocycles. The minimum absolute atomic E-state index is 0.315. The van der Waals surface area contributed by atoms with Gasteiger partial charge in [0.1, 0.15) is 5.75 Å². The lowest BCUT2D eigenvalue weighted by atomic mass is 10.0. The minimum Gasteiger partial charge on any atom is -0.497 e. The standard InChI is InChI=1S/C15H20N2OS/c1-3-7-17-15(9-14-10-16-11-19-14)12-5-4-6-13(8-12)18-2/h4-6,8,10-11,15,17H,3,7,9H2,1-2H3. The van der Waals surface area contributed by atoms with Crippen molar-refractivity contribution in [1.82, 2.24) is 10.3 Å². The number of rotatable bonds is 7. The Labute approximate surface area is 118 Å². The van der Waals surface area contributed by atoms with Crippen LogP contribution in [0.3, 0.4) is 0 Å². The van der Waals surface area contributed by atoms with E-state index < -0.39 is 0 Å². The second-order valence-electron chi connectivity index (χ2n) is 4.46. The Morgan fingerprint density at radius 1 is 1.42 bits per heavy atom. The molecule has 0 amide bonds. The second kappa shape index (κ2) is 7.26. The van der Waals surface area contributed by atoms with Crippen molar-refractivity contribution < 1.29 is 4.74 Å². The second-order valence-corrected chi connectivity index (χ2v) is 5.43. The molecular formula is C15H20N2OS. The number of hydrogen-bond acceptors (Lipinski definition) is 4. The molecule has 2 aromatic rings. The number of aromatic nitrogens is 1.